The van der Waals surface area contributed by atoms with E-state index in [-0.39, 0.29) is 0 Å². The van der Waals surface area contributed by atoms with Crippen LogP contribution in [-0.4, -0.2) is 40.6 Å². The van der Waals surface area contributed by atoms with Crippen LogP contribution in [0.5, 0.6) is 0 Å². The quantitative estimate of drug-likeness (QED) is 0.251. The average molecular weight is 578 g/mol. The van der Waals surface area contributed by atoms with Crippen LogP contribution in [-0.2, 0) is 38.1 Å². The maximum atomic E-state index is 4.97. The van der Waals surface area contributed by atoms with E-state index in [1.807, 2.05) is 21.9 Å². The molecule has 2 heterocycles. The van der Waals surface area contributed by atoms with Crippen molar-refractivity contribution in [2.45, 2.75) is 12.8 Å². The van der Waals surface area contributed by atoms with E-state index in [9.17, 15) is 0 Å². The minimum atomic E-state index is -0.826. The van der Waals surface area contributed by atoms with Gasteiger partial charge in [-0.15, -0.1) is 0 Å². The van der Waals surface area contributed by atoms with Crippen LogP contribution in [0, 0.1) is 0 Å². The summed E-state index contributed by atoms with van der Waals surface area (Å²) in [5.74, 6) is 0. The molecule has 0 N–H and O–H groups in total. The Morgan fingerprint density at radius 3 is 1.44 bits per heavy atom. The van der Waals surface area contributed by atoms with Crippen molar-refractivity contribution in [2.75, 3.05) is 22.9 Å². The molecule has 0 aliphatic carbocycles. The van der Waals surface area contributed by atoms with Gasteiger partial charge in [0, 0.05) is 24.5 Å². The van der Waals surface area contributed by atoms with Crippen molar-refractivity contribution in [1.29, 1.82) is 0 Å². The molecule has 0 amide bonds. The van der Waals surface area contributed by atoms with Gasteiger partial charge >= 0.3 is 36.7 Å². The molecule has 0 saturated heterocycles. The monoisotopic (exact) mass is 578 g/mol. The fourth-order valence-electron chi connectivity index (χ4n) is 3.06. The minimum absolute atomic E-state index is 0.556. The van der Waals surface area contributed by atoms with Crippen LogP contribution >= 0.6 is 42.3 Å². The molecule has 0 bridgehead atoms. The van der Waals surface area contributed by atoms with E-state index in [2.05, 4.69) is 36.4 Å². The average Bonchev–Trinajstić information content (AvgIpc) is 3.27. The number of rotatable bonds is 0. The third-order valence-corrected chi connectivity index (χ3v) is 5.10. The van der Waals surface area contributed by atoms with Crippen molar-refractivity contribution in [1.82, 2.24) is 0 Å². The molecule has 0 radical (unpaired) electrons. The van der Waals surface area contributed by atoms with E-state index < -0.39 is 18.9 Å². The molecule has 2 aromatic rings. The number of fused-ring (bicyclic) bond motifs is 2. The van der Waals surface area contributed by atoms with Gasteiger partial charge in [-0.05, 0) is 36.1 Å². The second kappa shape index (κ2) is 11.9. The third-order valence-electron chi connectivity index (χ3n) is 4.22. The summed E-state index contributed by atoms with van der Waals surface area (Å²) < 4.78 is 1.11. The van der Waals surface area contributed by atoms with Crippen LogP contribution in [0.3, 0.4) is 0 Å². The number of para-hydroxylation sites is 2. The molecule has 4 rings (SSSR count). The summed E-state index contributed by atoms with van der Waals surface area (Å²) in [5, 5.41) is 0. The molecular formula is C18H16Cl2N2S4Sn. The van der Waals surface area contributed by atoms with E-state index in [1.54, 1.807) is 0 Å². The standard InChI is InChI=1S/2C9H9NS2.2ClH.Sn/c2*11-9(12)10-6-5-7-3-1-2-4-8(7)10;;;/h2*1-4H,5-6H2,(H,11,12);2*1H;/q;;;;+4/p-4. The van der Waals surface area contributed by atoms with E-state index in [1.165, 1.54) is 22.5 Å². The van der Waals surface area contributed by atoms with Gasteiger partial charge in [-0.1, -0.05) is 45.0 Å². The Bertz CT molecular complexity index is 741. The SMILES string of the molecule is S=C([S-])N1CCc2ccccc21.S=C([S-])N1CCc2ccccc21.[Cl][Sn+2][Cl]. The van der Waals surface area contributed by atoms with Crippen molar-refractivity contribution >= 4 is 106 Å². The zero-order valence-corrected chi connectivity index (χ0v) is 21.9. The zero-order valence-electron chi connectivity index (χ0n) is 14.2. The van der Waals surface area contributed by atoms with E-state index in [4.69, 9.17) is 67.5 Å². The number of thiocarbonyl (C=S) groups is 2. The van der Waals surface area contributed by atoms with Gasteiger partial charge in [0.25, 0.3) is 0 Å². The number of hydrogen-bond donors (Lipinski definition) is 0. The molecule has 0 unspecified atom stereocenters. The summed E-state index contributed by atoms with van der Waals surface area (Å²) in [7, 11) is 9.87. The first kappa shape index (κ1) is 23.3. The van der Waals surface area contributed by atoms with Crippen molar-refractivity contribution in [3.8, 4) is 0 Å². The molecule has 27 heavy (non-hydrogen) atoms. The second-order valence-corrected chi connectivity index (χ2v) is 12.0. The molecule has 0 atom stereocenters. The topological polar surface area (TPSA) is 6.48 Å². The third kappa shape index (κ3) is 6.52. The van der Waals surface area contributed by atoms with E-state index >= 15 is 0 Å². The van der Waals surface area contributed by atoms with Gasteiger partial charge in [0.05, 0.1) is 0 Å². The number of nitrogens with zero attached hydrogens (tertiary/aromatic N) is 2. The van der Waals surface area contributed by atoms with E-state index in [0.717, 1.165) is 25.9 Å². The number of anilines is 2. The first-order valence-corrected chi connectivity index (χ1v) is 16.9. The fraction of sp³-hybridized carbons (Fsp3) is 0.222. The van der Waals surface area contributed by atoms with Crippen LogP contribution in [0.4, 0.5) is 11.4 Å². The van der Waals surface area contributed by atoms with Gasteiger partial charge in [-0.25, -0.2) is 0 Å². The molecule has 9 heteroatoms. The normalized spacial score (nSPS) is 13.3. The summed E-state index contributed by atoms with van der Waals surface area (Å²) in [4.78, 5) is 4.03. The Balaban J connectivity index is 0.000000170. The summed E-state index contributed by atoms with van der Waals surface area (Å²) in [5.41, 5.74) is 5.09. The molecule has 0 fully saturated rings. The predicted molar refractivity (Wildman–Crippen MR) is 132 cm³/mol. The Kier molecular flexibility index (Phi) is 10.3. The molecule has 2 nitrogen and oxygen atoms in total. The van der Waals surface area contributed by atoms with Gasteiger partial charge in [0.2, 0.25) is 0 Å². The molecule has 140 valence electrons. The Morgan fingerprint density at radius 2 is 1.11 bits per heavy atom. The summed E-state index contributed by atoms with van der Waals surface area (Å²) in [6.45, 7) is 1.89. The summed E-state index contributed by atoms with van der Waals surface area (Å²) in [6.07, 6.45) is 2.12. The van der Waals surface area contributed by atoms with Gasteiger partial charge in [0.1, 0.15) is 0 Å². The first-order valence-electron chi connectivity index (χ1n) is 8.08. The van der Waals surface area contributed by atoms with Gasteiger partial charge in [0.15, 0.2) is 0 Å². The molecule has 2 aromatic carbocycles. The summed E-state index contributed by atoms with van der Waals surface area (Å²) >= 11 is 19.1. The fourth-order valence-corrected chi connectivity index (χ4v) is 3.81. The van der Waals surface area contributed by atoms with Crippen molar-refractivity contribution < 1.29 is 0 Å². The van der Waals surface area contributed by atoms with E-state index in [0.29, 0.717) is 8.64 Å². The van der Waals surface area contributed by atoms with Crippen LogP contribution < -0.4 is 9.80 Å². The van der Waals surface area contributed by atoms with Crippen LogP contribution in [0.15, 0.2) is 48.5 Å². The van der Waals surface area contributed by atoms with Gasteiger partial charge < -0.3 is 59.5 Å². The maximum absolute atomic E-state index is 4.97. The van der Waals surface area contributed by atoms with Gasteiger partial charge in [-0.3, -0.25) is 0 Å². The molecule has 2 aliphatic heterocycles. The zero-order chi connectivity index (χ0) is 19.8. The van der Waals surface area contributed by atoms with Crippen LogP contribution in [0.1, 0.15) is 11.1 Å². The molecular weight excluding hydrogens is 562 g/mol. The number of benzene rings is 2. The molecule has 0 spiro atoms. The van der Waals surface area contributed by atoms with Crippen molar-refractivity contribution in [3.05, 3.63) is 59.7 Å². The Labute approximate surface area is 200 Å². The molecule has 0 aromatic heterocycles. The first-order chi connectivity index (χ1) is 13.0. The van der Waals surface area contributed by atoms with Gasteiger partial charge in [-0.2, -0.15) is 0 Å². The second-order valence-electron chi connectivity index (χ2n) is 5.66. The number of halogens is 2. The van der Waals surface area contributed by atoms with Crippen molar-refractivity contribution in [2.24, 2.45) is 0 Å². The van der Waals surface area contributed by atoms with Crippen LogP contribution in [0.25, 0.3) is 0 Å². The van der Waals surface area contributed by atoms with Crippen molar-refractivity contribution in [3.63, 3.8) is 0 Å². The predicted octanol–water partition coefficient (Wildman–Crippen LogP) is 4.76. The molecule has 0 saturated carbocycles. The summed E-state index contributed by atoms with van der Waals surface area (Å²) in [6, 6.07) is 16.5. The number of hydrogen-bond acceptors (Lipinski definition) is 4. The van der Waals surface area contributed by atoms with Crippen LogP contribution in [0.2, 0.25) is 0 Å². The molecule has 2 aliphatic rings. The Hall–Kier alpha value is 0.0387. The Morgan fingerprint density at radius 1 is 0.778 bits per heavy atom.